The molecule has 8 nitrogen and oxygen atoms in total. The number of hydrogen-bond donors (Lipinski definition) is 3. The Morgan fingerprint density at radius 2 is 1.75 bits per heavy atom. The maximum absolute atomic E-state index is 13.7. The molecule has 0 fully saturated rings. The number of nitrogens with one attached hydrogen (secondary N) is 2. The zero-order valence-electron chi connectivity index (χ0n) is 21.3. The first kappa shape index (κ1) is 28.9. The Kier molecular flexibility index (Phi) is 10.1. The Labute approximate surface area is 217 Å². The predicted molar refractivity (Wildman–Crippen MR) is 141 cm³/mol. The molecule has 0 radical (unpaired) electrons. The van der Waals surface area contributed by atoms with Crippen LogP contribution in [0.1, 0.15) is 43.5 Å². The number of carbonyl (C=O) groups excluding carboxylic acids is 3. The molecule has 3 N–H and O–H groups in total. The molecule has 2 aromatic carbocycles. The van der Waals surface area contributed by atoms with Crippen LogP contribution in [0.25, 0.3) is 0 Å². The Morgan fingerprint density at radius 1 is 1.11 bits per heavy atom. The second-order valence-electron chi connectivity index (χ2n) is 9.34. The van der Waals surface area contributed by atoms with E-state index in [1.165, 1.54) is 11.0 Å². The van der Waals surface area contributed by atoms with Crippen molar-refractivity contribution in [3.8, 4) is 0 Å². The largest absolute Gasteiger partial charge is 0.444 e. The number of alkyl carbamates (subject to hydrolysis) is 1. The van der Waals surface area contributed by atoms with Crippen molar-refractivity contribution in [2.75, 3.05) is 18.5 Å². The highest BCUT2D eigenvalue weighted by atomic mass is 35.5. The summed E-state index contributed by atoms with van der Waals surface area (Å²) in [5, 5.41) is 15.6. The number of nitrogens with zero attached hydrogens (tertiary/aromatic N) is 1. The molecule has 36 heavy (non-hydrogen) atoms. The number of anilines is 1. The summed E-state index contributed by atoms with van der Waals surface area (Å²) in [5.41, 5.74) is 1.73. The minimum absolute atomic E-state index is 0.0285. The molecule has 0 saturated heterocycles. The number of rotatable bonds is 9. The molecular weight excluding hydrogens is 482 g/mol. The van der Waals surface area contributed by atoms with Crippen LogP contribution in [0, 0.1) is 13.8 Å². The van der Waals surface area contributed by atoms with Crippen LogP contribution in [0.4, 0.5) is 10.5 Å². The quantitative estimate of drug-likeness (QED) is 0.425. The van der Waals surface area contributed by atoms with Crippen molar-refractivity contribution in [3.05, 3.63) is 76.8 Å². The molecule has 2 aromatic rings. The van der Waals surface area contributed by atoms with E-state index in [4.69, 9.17) is 16.3 Å². The molecule has 0 aromatic heterocycles. The minimum Gasteiger partial charge on any atom is -0.444 e. The summed E-state index contributed by atoms with van der Waals surface area (Å²) in [6, 6.07) is 9.95. The number of para-hydroxylation sites is 1. The van der Waals surface area contributed by atoms with Gasteiger partial charge in [-0.1, -0.05) is 54.1 Å². The van der Waals surface area contributed by atoms with Gasteiger partial charge in [-0.15, -0.1) is 6.58 Å². The van der Waals surface area contributed by atoms with Gasteiger partial charge in [0.15, 0.2) is 0 Å². The summed E-state index contributed by atoms with van der Waals surface area (Å²) in [4.78, 5) is 40.9. The van der Waals surface area contributed by atoms with Crippen LogP contribution >= 0.6 is 11.6 Å². The molecule has 0 saturated carbocycles. The van der Waals surface area contributed by atoms with E-state index >= 15 is 0 Å². The number of aliphatic hydroxyl groups excluding tert-OH is 1. The monoisotopic (exact) mass is 515 g/mol. The van der Waals surface area contributed by atoms with Gasteiger partial charge >= 0.3 is 6.09 Å². The van der Waals surface area contributed by atoms with Gasteiger partial charge in [-0.3, -0.25) is 9.59 Å². The van der Waals surface area contributed by atoms with E-state index < -0.39 is 42.2 Å². The van der Waals surface area contributed by atoms with Crippen molar-refractivity contribution in [1.29, 1.82) is 0 Å². The Balaban J connectivity index is 2.50. The summed E-state index contributed by atoms with van der Waals surface area (Å²) < 4.78 is 5.23. The maximum atomic E-state index is 13.7. The number of carbonyl (C=O) groups is 3. The number of amides is 3. The van der Waals surface area contributed by atoms with Crippen LogP contribution in [-0.4, -0.2) is 52.7 Å². The van der Waals surface area contributed by atoms with E-state index in [1.807, 2.05) is 32.0 Å². The van der Waals surface area contributed by atoms with Crippen LogP contribution in [0.3, 0.4) is 0 Å². The van der Waals surface area contributed by atoms with E-state index in [-0.39, 0.29) is 6.54 Å². The van der Waals surface area contributed by atoms with E-state index in [0.29, 0.717) is 16.3 Å². The smallest absolute Gasteiger partial charge is 0.408 e. The maximum Gasteiger partial charge on any atom is 0.408 e. The standard InChI is InChI=1S/C27H34ClN3O5/c1-7-15-31(25(34)21(16-32)29-26(35)36-27(4,5)6)23(19-13-9-8-11-17(19)2)24(33)30-22-18(3)12-10-14-20(22)28/h7-14,21,23,32H,1,15-16H2,2-6H3,(H,29,35)(H,30,33). The predicted octanol–water partition coefficient (Wildman–Crippen LogP) is 4.54. The van der Waals surface area contributed by atoms with Crippen LogP contribution in [0.2, 0.25) is 5.02 Å². The van der Waals surface area contributed by atoms with E-state index in [1.54, 1.807) is 45.0 Å². The lowest BCUT2D eigenvalue weighted by Gasteiger charge is -2.34. The normalized spacial score (nSPS) is 12.8. The van der Waals surface area contributed by atoms with Gasteiger partial charge in [-0.25, -0.2) is 4.79 Å². The van der Waals surface area contributed by atoms with Gasteiger partial charge < -0.3 is 25.4 Å². The minimum atomic E-state index is -1.35. The molecule has 2 rings (SSSR count). The van der Waals surface area contributed by atoms with Gasteiger partial charge in [-0.05, 0) is 57.4 Å². The van der Waals surface area contributed by atoms with E-state index in [9.17, 15) is 19.5 Å². The van der Waals surface area contributed by atoms with E-state index in [0.717, 1.165) is 11.1 Å². The molecule has 3 amide bonds. The second kappa shape index (κ2) is 12.6. The number of aryl methyl sites for hydroxylation is 2. The fourth-order valence-corrected chi connectivity index (χ4v) is 3.89. The third-order valence-corrected chi connectivity index (χ3v) is 5.61. The fraction of sp³-hybridized carbons (Fsp3) is 0.370. The van der Waals surface area contributed by atoms with Crippen LogP contribution < -0.4 is 10.6 Å². The fourth-order valence-electron chi connectivity index (χ4n) is 3.62. The number of aliphatic hydroxyl groups is 1. The third-order valence-electron chi connectivity index (χ3n) is 5.29. The average Bonchev–Trinajstić information content (AvgIpc) is 2.79. The van der Waals surface area contributed by atoms with Gasteiger partial charge in [-0.2, -0.15) is 0 Å². The highest BCUT2D eigenvalue weighted by Gasteiger charge is 2.36. The summed E-state index contributed by atoms with van der Waals surface area (Å²) in [6.07, 6.45) is 0.607. The lowest BCUT2D eigenvalue weighted by Crippen LogP contribution is -2.54. The Morgan fingerprint density at radius 3 is 2.31 bits per heavy atom. The van der Waals surface area contributed by atoms with Crippen LogP contribution in [0.5, 0.6) is 0 Å². The van der Waals surface area contributed by atoms with Gasteiger partial charge in [0.2, 0.25) is 5.91 Å². The first-order valence-electron chi connectivity index (χ1n) is 11.5. The molecule has 0 aliphatic heterocycles. The molecule has 0 bridgehead atoms. The SMILES string of the molecule is C=CCN(C(=O)C(CO)NC(=O)OC(C)(C)C)C(C(=O)Nc1c(C)cccc1Cl)c1ccccc1C. The molecule has 194 valence electrons. The lowest BCUT2D eigenvalue weighted by atomic mass is 9.98. The summed E-state index contributed by atoms with van der Waals surface area (Å²) >= 11 is 6.34. The summed E-state index contributed by atoms with van der Waals surface area (Å²) in [7, 11) is 0. The first-order chi connectivity index (χ1) is 16.9. The van der Waals surface area contributed by atoms with Crippen molar-refractivity contribution in [2.24, 2.45) is 0 Å². The van der Waals surface area contributed by atoms with Gasteiger partial charge in [0, 0.05) is 6.54 Å². The molecule has 2 unspecified atom stereocenters. The summed E-state index contributed by atoms with van der Waals surface area (Å²) in [5.74, 6) is -1.19. The zero-order valence-corrected chi connectivity index (χ0v) is 22.1. The molecule has 2 atom stereocenters. The summed E-state index contributed by atoms with van der Waals surface area (Å²) in [6.45, 7) is 11.7. The lowest BCUT2D eigenvalue weighted by molar-refractivity contribution is -0.140. The Hall–Kier alpha value is -3.36. The second-order valence-corrected chi connectivity index (χ2v) is 9.75. The number of benzene rings is 2. The highest BCUT2D eigenvalue weighted by molar-refractivity contribution is 6.34. The molecular formula is C27H34ClN3O5. The van der Waals surface area contributed by atoms with Crippen molar-refractivity contribution in [1.82, 2.24) is 10.2 Å². The first-order valence-corrected chi connectivity index (χ1v) is 11.9. The number of ether oxygens (including phenoxy) is 1. The van der Waals surface area contributed by atoms with Crippen molar-refractivity contribution >= 4 is 35.2 Å². The van der Waals surface area contributed by atoms with Crippen molar-refractivity contribution < 1.29 is 24.2 Å². The third kappa shape index (κ3) is 7.57. The molecule has 0 aliphatic carbocycles. The van der Waals surface area contributed by atoms with Gasteiger partial charge in [0.25, 0.3) is 5.91 Å². The van der Waals surface area contributed by atoms with Gasteiger partial charge in [0.05, 0.1) is 17.3 Å². The van der Waals surface area contributed by atoms with E-state index in [2.05, 4.69) is 17.2 Å². The Bertz CT molecular complexity index is 1090. The van der Waals surface area contributed by atoms with Crippen LogP contribution in [-0.2, 0) is 14.3 Å². The molecule has 0 aliphatic rings. The van der Waals surface area contributed by atoms with Crippen molar-refractivity contribution in [3.63, 3.8) is 0 Å². The molecule has 9 heteroatoms. The van der Waals surface area contributed by atoms with Crippen LogP contribution in [0.15, 0.2) is 55.1 Å². The average molecular weight is 516 g/mol. The molecule has 0 spiro atoms. The highest BCUT2D eigenvalue weighted by Crippen LogP contribution is 2.30. The number of halogens is 1. The van der Waals surface area contributed by atoms with Gasteiger partial charge in [0.1, 0.15) is 17.7 Å². The topological polar surface area (TPSA) is 108 Å². The number of hydrogen-bond acceptors (Lipinski definition) is 5. The zero-order chi connectivity index (χ0) is 27.0. The molecule has 0 heterocycles. The van der Waals surface area contributed by atoms with Crippen molar-refractivity contribution in [2.45, 2.75) is 52.3 Å².